The molecule has 0 saturated carbocycles. The van der Waals surface area contributed by atoms with Crippen LogP contribution in [0.5, 0.6) is 0 Å². The van der Waals surface area contributed by atoms with Crippen LogP contribution in [0.1, 0.15) is 12.6 Å². The van der Waals surface area contributed by atoms with Crippen LogP contribution in [-0.4, -0.2) is 22.1 Å². The van der Waals surface area contributed by atoms with Gasteiger partial charge in [-0.15, -0.1) is 11.8 Å². The van der Waals surface area contributed by atoms with E-state index in [1.807, 2.05) is 25.6 Å². The zero-order valence-electron chi connectivity index (χ0n) is 10.4. The number of anilines is 1. The zero-order chi connectivity index (χ0) is 13.1. The monoisotopic (exact) mass is 279 g/mol. The van der Waals surface area contributed by atoms with Crippen LogP contribution in [0.4, 0.5) is 5.13 Å². The highest BCUT2D eigenvalue weighted by Gasteiger charge is 2.11. The summed E-state index contributed by atoms with van der Waals surface area (Å²) in [6.45, 7) is 3.41. The third-order valence-corrected chi connectivity index (χ3v) is 4.11. The number of aryl methyl sites for hydroxylation is 1. The fraction of sp³-hybridized carbons (Fsp3) is 0.250. The third kappa shape index (κ3) is 2.88. The van der Waals surface area contributed by atoms with E-state index in [-0.39, 0.29) is 5.91 Å². The molecule has 2 aromatic rings. The van der Waals surface area contributed by atoms with E-state index in [2.05, 4.69) is 21.4 Å². The minimum atomic E-state index is -0.105. The fourth-order valence-corrected chi connectivity index (χ4v) is 2.93. The van der Waals surface area contributed by atoms with Gasteiger partial charge in [0, 0.05) is 29.8 Å². The molecule has 2 rings (SSSR count). The molecule has 0 saturated heterocycles. The minimum absolute atomic E-state index is 0.105. The fourth-order valence-electron chi connectivity index (χ4n) is 1.52. The molecule has 0 aliphatic heterocycles. The molecule has 0 fully saturated rings. The first-order valence-electron chi connectivity index (χ1n) is 5.34. The normalized spacial score (nSPS) is 10.4. The van der Waals surface area contributed by atoms with Gasteiger partial charge in [-0.25, -0.2) is 4.98 Å². The van der Waals surface area contributed by atoms with Crippen LogP contribution in [-0.2, 0) is 4.79 Å². The lowest BCUT2D eigenvalue weighted by Gasteiger charge is -2.00. The average molecular weight is 279 g/mol. The van der Waals surface area contributed by atoms with E-state index in [9.17, 15) is 4.79 Å². The molecule has 94 valence electrons. The molecule has 0 spiro atoms. The van der Waals surface area contributed by atoms with Crippen LogP contribution in [0.3, 0.4) is 0 Å². The van der Waals surface area contributed by atoms with E-state index in [0.29, 0.717) is 5.13 Å². The SMILES string of the molecule is CSc1cncc(-c2sc(NC(C)=O)nc2C)c1. The Balaban J connectivity index is 2.37. The molecule has 1 N–H and O–H groups in total. The van der Waals surface area contributed by atoms with Gasteiger partial charge in [0.05, 0.1) is 10.6 Å². The highest BCUT2D eigenvalue weighted by Crippen LogP contribution is 2.33. The number of aromatic nitrogens is 2. The largest absolute Gasteiger partial charge is 0.302 e. The Morgan fingerprint density at radius 3 is 2.89 bits per heavy atom. The van der Waals surface area contributed by atoms with E-state index < -0.39 is 0 Å². The molecule has 6 heteroatoms. The quantitative estimate of drug-likeness (QED) is 0.877. The highest BCUT2D eigenvalue weighted by atomic mass is 32.2. The molecule has 0 bridgehead atoms. The third-order valence-electron chi connectivity index (χ3n) is 2.29. The maximum Gasteiger partial charge on any atom is 0.223 e. The van der Waals surface area contributed by atoms with E-state index >= 15 is 0 Å². The summed E-state index contributed by atoms with van der Waals surface area (Å²) < 4.78 is 0. The molecule has 18 heavy (non-hydrogen) atoms. The van der Waals surface area contributed by atoms with E-state index in [0.717, 1.165) is 21.0 Å². The van der Waals surface area contributed by atoms with Crippen molar-refractivity contribution in [2.24, 2.45) is 0 Å². The molecular weight excluding hydrogens is 266 g/mol. The number of pyridine rings is 1. The summed E-state index contributed by atoms with van der Waals surface area (Å²) in [4.78, 5) is 21.7. The van der Waals surface area contributed by atoms with Crippen LogP contribution in [0.15, 0.2) is 23.4 Å². The van der Waals surface area contributed by atoms with Gasteiger partial charge in [0.1, 0.15) is 0 Å². The molecule has 0 radical (unpaired) electrons. The second-order valence-electron chi connectivity index (χ2n) is 3.73. The lowest BCUT2D eigenvalue weighted by atomic mass is 10.2. The molecule has 0 aliphatic rings. The summed E-state index contributed by atoms with van der Waals surface area (Å²) in [5.41, 5.74) is 1.94. The maximum atomic E-state index is 11.0. The first-order chi connectivity index (χ1) is 8.60. The van der Waals surface area contributed by atoms with Gasteiger partial charge in [-0.2, -0.15) is 0 Å². The molecule has 0 unspecified atom stereocenters. The summed E-state index contributed by atoms with van der Waals surface area (Å²) in [7, 11) is 0. The Labute approximate surface area is 114 Å². The number of carbonyl (C=O) groups is 1. The Morgan fingerprint density at radius 2 is 2.22 bits per heavy atom. The van der Waals surface area contributed by atoms with Crippen molar-refractivity contribution >= 4 is 34.1 Å². The van der Waals surface area contributed by atoms with Gasteiger partial charge >= 0.3 is 0 Å². The van der Waals surface area contributed by atoms with Crippen LogP contribution in [0, 0.1) is 6.92 Å². The van der Waals surface area contributed by atoms with Gasteiger partial charge < -0.3 is 5.32 Å². The number of amides is 1. The summed E-state index contributed by atoms with van der Waals surface area (Å²) in [6.07, 6.45) is 5.67. The average Bonchev–Trinajstić information content (AvgIpc) is 2.69. The standard InChI is InChI=1S/C12H13N3OS2/c1-7-11(18-12(14-7)15-8(2)16)9-4-10(17-3)6-13-5-9/h4-6H,1-3H3,(H,14,15,16). The Bertz CT molecular complexity index is 580. The van der Waals surface area contributed by atoms with Gasteiger partial charge in [0.15, 0.2) is 5.13 Å². The van der Waals surface area contributed by atoms with Crippen molar-refractivity contribution in [2.45, 2.75) is 18.7 Å². The van der Waals surface area contributed by atoms with Gasteiger partial charge in [0.2, 0.25) is 5.91 Å². The Morgan fingerprint density at radius 1 is 1.44 bits per heavy atom. The number of thiazole rings is 1. The van der Waals surface area contributed by atoms with Gasteiger partial charge in [0.25, 0.3) is 0 Å². The lowest BCUT2D eigenvalue weighted by molar-refractivity contribution is -0.114. The van der Waals surface area contributed by atoms with Crippen LogP contribution < -0.4 is 5.32 Å². The molecule has 0 aliphatic carbocycles. The van der Waals surface area contributed by atoms with Crippen molar-refractivity contribution in [3.05, 3.63) is 24.2 Å². The maximum absolute atomic E-state index is 11.0. The van der Waals surface area contributed by atoms with Crippen molar-refractivity contribution in [2.75, 3.05) is 11.6 Å². The number of nitrogens with zero attached hydrogens (tertiary/aromatic N) is 2. The number of thioether (sulfide) groups is 1. The molecule has 2 aromatic heterocycles. The van der Waals surface area contributed by atoms with Crippen molar-refractivity contribution in [3.63, 3.8) is 0 Å². The second kappa shape index (κ2) is 5.49. The first-order valence-corrected chi connectivity index (χ1v) is 7.38. The van der Waals surface area contributed by atoms with Gasteiger partial charge in [-0.3, -0.25) is 9.78 Å². The Kier molecular flexibility index (Phi) is 3.98. The first kappa shape index (κ1) is 13.0. The summed E-state index contributed by atoms with van der Waals surface area (Å²) >= 11 is 3.12. The molecular formula is C12H13N3OS2. The van der Waals surface area contributed by atoms with Crippen LogP contribution in [0.2, 0.25) is 0 Å². The van der Waals surface area contributed by atoms with E-state index in [1.165, 1.54) is 18.3 Å². The van der Waals surface area contributed by atoms with Crippen LogP contribution >= 0.6 is 23.1 Å². The number of rotatable bonds is 3. The predicted octanol–water partition coefficient (Wildman–Crippen LogP) is 3.19. The number of hydrogen-bond donors (Lipinski definition) is 1. The second-order valence-corrected chi connectivity index (χ2v) is 5.61. The molecule has 2 heterocycles. The summed E-state index contributed by atoms with van der Waals surface area (Å²) in [6, 6.07) is 2.08. The lowest BCUT2D eigenvalue weighted by Crippen LogP contribution is -2.04. The van der Waals surface area contributed by atoms with Crippen molar-refractivity contribution in [1.82, 2.24) is 9.97 Å². The van der Waals surface area contributed by atoms with Crippen molar-refractivity contribution in [3.8, 4) is 10.4 Å². The summed E-state index contributed by atoms with van der Waals surface area (Å²) in [5.74, 6) is -0.105. The number of hydrogen-bond acceptors (Lipinski definition) is 5. The number of carbonyl (C=O) groups excluding carboxylic acids is 1. The van der Waals surface area contributed by atoms with Crippen molar-refractivity contribution in [1.29, 1.82) is 0 Å². The predicted molar refractivity (Wildman–Crippen MR) is 76.2 cm³/mol. The molecule has 1 amide bonds. The van der Waals surface area contributed by atoms with E-state index in [4.69, 9.17) is 0 Å². The van der Waals surface area contributed by atoms with Crippen molar-refractivity contribution < 1.29 is 4.79 Å². The highest BCUT2D eigenvalue weighted by molar-refractivity contribution is 7.98. The molecule has 0 aromatic carbocycles. The summed E-state index contributed by atoms with van der Waals surface area (Å²) in [5, 5.41) is 3.34. The molecule has 0 atom stereocenters. The zero-order valence-corrected chi connectivity index (χ0v) is 12.0. The smallest absolute Gasteiger partial charge is 0.223 e. The van der Waals surface area contributed by atoms with Gasteiger partial charge in [-0.05, 0) is 19.2 Å². The molecule has 4 nitrogen and oxygen atoms in total. The van der Waals surface area contributed by atoms with Crippen LogP contribution in [0.25, 0.3) is 10.4 Å². The minimum Gasteiger partial charge on any atom is -0.302 e. The number of nitrogens with one attached hydrogen (secondary N) is 1. The van der Waals surface area contributed by atoms with Gasteiger partial charge in [-0.1, -0.05) is 11.3 Å². The topological polar surface area (TPSA) is 54.9 Å². The van der Waals surface area contributed by atoms with E-state index in [1.54, 1.807) is 11.8 Å². The Hall–Kier alpha value is -1.40.